The van der Waals surface area contributed by atoms with Crippen molar-refractivity contribution in [3.8, 4) is 5.75 Å². The van der Waals surface area contributed by atoms with Crippen molar-refractivity contribution in [2.45, 2.75) is 39.4 Å². The second-order valence-corrected chi connectivity index (χ2v) is 10.7. The Labute approximate surface area is 135 Å². The summed E-state index contributed by atoms with van der Waals surface area (Å²) in [7, 11) is 0.0426. The normalized spacial score (nSPS) is 12.3. The number of rotatable bonds is 3. The summed E-state index contributed by atoms with van der Waals surface area (Å²) < 4.78 is 5.53. The van der Waals surface area contributed by atoms with Crippen LogP contribution in [0, 0.1) is 0 Å². The molecule has 20 heavy (non-hydrogen) atoms. The Bertz CT molecular complexity index is 584. The molecule has 2 aromatic rings. The first-order chi connectivity index (χ1) is 8.74. The van der Waals surface area contributed by atoms with Crippen LogP contribution >= 0.6 is 0 Å². The van der Waals surface area contributed by atoms with Crippen LogP contribution < -0.4 is 33.8 Å². The topological polar surface area (TPSA) is 21.3 Å². The third kappa shape index (κ3) is 3.53. The summed E-state index contributed by atoms with van der Waals surface area (Å²) in [6.45, 7) is 11.4. The van der Waals surface area contributed by atoms with Gasteiger partial charge in [0.25, 0.3) is 0 Å². The Hall–Kier alpha value is -0.596. The van der Waals surface area contributed by atoms with Crippen LogP contribution in [0.3, 0.4) is 0 Å². The SMILES string of the molecule is COc1c[c-]([Si](C)(C)NC(C)(C)C)c2ccccc12.[Li+]. The van der Waals surface area contributed by atoms with Crippen LogP contribution in [-0.2, 0) is 0 Å². The van der Waals surface area contributed by atoms with Gasteiger partial charge in [-0.15, -0.1) is 34.8 Å². The summed E-state index contributed by atoms with van der Waals surface area (Å²) in [6, 6.07) is 10.7. The van der Waals surface area contributed by atoms with Crippen LogP contribution in [0.25, 0.3) is 10.8 Å². The maximum Gasteiger partial charge on any atom is 1.00 e. The molecule has 0 amide bonds. The Morgan fingerprint density at radius 2 is 1.75 bits per heavy atom. The fraction of sp³-hybridized carbons (Fsp3) is 0.438. The molecule has 104 valence electrons. The predicted octanol–water partition coefficient (Wildman–Crippen LogP) is 0.372. The number of ether oxygens (including phenoxy) is 1. The molecule has 0 aliphatic rings. The molecule has 2 nitrogen and oxygen atoms in total. The monoisotopic (exact) mass is 281 g/mol. The van der Waals surface area contributed by atoms with E-state index in [-0.39, 0.29) is 24.4 Å². The number of hydrogen-bond donors (Lipinski definition) is 1. The van der Waals surface area contributed by atoms with Gasteiger partial charge in [-0.2, -0.15) is 0 Å². The van der Waals surface area contributed by atoms with Gasteiger partial charge in [-0.3, -0.25) is 0 Å². The fourth-order valence-electron chi connectivity index (χ4n) is 2.91. The van der Waals surface area contributed by atoms with Gasteiger partial charge in [0.2, 0.25) is 0 Å². The van der Waals surface area contributed by atoms with Crippen molar-refractivity contribution in [3.63, 3.8) is 0 Å². The molecule has 0 radical (unpaired) electrons. The number of hydrogen-bond acceptors (Lipinski definition) is 2. The number of nitrogens with one attached hydrogen (secondary N) is 1. The molecule has 2 rings (SSSR count). The van der Waals surface area contributed by atoms with Gasteiger partial charge in [-0.05, 0) is 20.8 Å². The van der Waals surface area contributed by atoms with Crippen LogP contribution in [0.4, 0.5) is 0 Å². The summed E-state index contributed by atoms with van der Waals surface area (Å²) in [6.07, 6.45) is 0. The van der Waals surface area contributed by atoms with Crippen LogP contribution in [-0.4, -0.2) is 20.9 Å². The minimum atomic E-state index is -1.70. The van der Waals surface area contributed by atoms with Gasteiger partial charge in [-0.1, -0.05) is 24.5 Å². The second-order valence-electron chi connectivity index (χ2n) is 6.67. The zero-order valence-corrected chi connectivity index (χ0v) is 14.8. The molecule has 0 bridgehead atoms. The van der Waals surface area contributed by atoms with Crippen molar-refractivity contribution in [2.24, 2.45) is 0 Å². The summed E-state index contributed by atoms with van der Waals surface area (Å²) >= 11 is 0. The van der Waals surface area contributed by atoms with E-state index in [2.05, 4.69) is 69.2 Å². The van der Waals surface area contributed by atoms with Crippen molar-refractivity contribution in [1.82, 2.24) is 4.98 Å². The molecule has 0 spiro atoms. The van der Waals surface area contributed by atoms with E-state index in [1.165, 1.54) is 16.0 Å². The third-order valence-electron chi connectivity index (χ3n) is 3.34. The molecule has 0 aromatic heterocycles. The van der Waals surface area contributed by atoms with Gasteiger partial charge in [-0.25, -0.2) is 0 Å². The van der Waals surface area contributed by atoms with E-state index in [1.54, 1.807) is 7.11 Å². The van der Waals surface area contributed by atoms with Crippen molar-refractivity contribution < 1.29 is 23.6 Å². The van der Waals surface area contributed by atoms with Crippen LogP contribution in [0.1, 0.15) is 20.8 Å². The van der Waals surface area contributed by atoms with Crippen LogP contribution in [0.15, 0.2) is 30.3 Å². The number of methoxy groups -OCH3 is 1. The zero-order valence-electron chi connectivity index (χ0n) is 13.8. The third-order valence-corrected chi connectivity index (χ3v) is 6.47. The summed E-state index contributed by atoms with van der Waals surface area (Å²) in [4.78, 5) is 3.82. The molecule has 2 aromatic carbocycles. The molecular formula is C16H24LiNOSi. The number of fused-ring (bicyclic) bond motifs is 1. The molecule has 0 aliphatic heterocycles. The van der Waals surface area contributed by atoms with E-state index in [1.807, 2.05) is 0 Å². The Morgan fingerprint density at radius 1 is 1.15 bits per heavy atom. The molecule has 0 saturated heterocycles. The molecule has 0 fully saturated rings. The largest absolute Gasteiger partial charge is 1.00 e. The molecule has 1 N–H and O–H groups in total. The van der Waals surface area contributed by atoms with Gasteiger partial charge >= 0.3 is 18.9 Å². The smallest absolute Gasteiger partial charge is 0.548 e. The zero-order chi connectivity index (χ0) is 14.3. The van der Waals surface area contributed by atoms with E-state index < -0.39 is 8.24 Å². The van der Waals surface area contributed by atoms with Crippen LogP contribution in [0.5, 0.6) is 5.75 Å². The van der Waals surface area contributed by atoms with Crippen molar-refractivity contribution in [2.75, 3.05) is 7.11 Å². The molecule has 0 saturated carbocycles. The Kier molecular flexibility index (Phi) is 5.26. The average Bonchev–Trinajstić information content (AvgIpc) is 2.65. The minimum Gasteiger partial charge on any atom is -0.548 e. The fourth-order valence-corrected chi connectivity index (χ4v) is 6.30. The first-order valence-electron chi connectivity index (χ1n) is 6.77. The van der Waals surface area contributed by atoms with Crippen LogP contribution in [0.2, 0.25) is 13.1 Å². The maximum atomic E-state index is 5.53. The maximum absolute atomic E-state index is 5.53. The molecule has 0 atom stereocenters. The van der Waals surface area contributed by atoms with Crippen molar-refractivity contribution in [3.05, 3.63) is 30.3 Å². The van der Waals surface area contributed by atoms with Gasteiger partial charge in [0, 0.05) is 11.3 Å². The van der Waals surface area contributed by atoms with E-state index in [0.717, 1.165) is 5.75 Å². The minimum absolute atomic E-state index is 0. The first-order valence-corrected chi connectivity index (χ1v) is 9.77. The Balaban J connectivity index is 0.00000200. The quantitative estimate of drug-likeness (QED) is 0.648. The molecule has 4 heteroatoms. The van der Waals surface area contributed by atoms with E-state index >= 15 is 0 Å². The van der Waals surface area contributed by atoms with Gasteiger partial charge < -0.3 is 9.72 Å². The molecule has 0 unspecified atom stereocenters. The number of benzene rings is 1. The second kappa shape index (κ2) is 6.03. The molecule has 0 aliphatic carbocycles. The van der Waals surface area contributed by atoms with Crippen molar-refractivity contribution in [1.29, 1.82) is 0 Å². The summed E-state index contributed by atoms with van der Waals surface area (Å²) in [5.41, 5.74) is 0.126. The van der Waals surface area contributed by atoms with Gasteiger partial charge in [0.15, 0.2) is 0 Å². The van der Waals surface area contributed by atoms with E-state index in [4.69, 9.17) is 4.74 Å². The van der Waals surface area contributed by atoms with Gasteiger partial charge in [0.1, 0.15) is 8.24 Å². The van der Waals surface area contributed by atoms with Crippen molar-refractivity contribution >= 4 is 24.2 Å². The standard InChI is InChI=1S/C16H24NOSi.Li/c1-16(2,3)17-19(5,6)15-11-14(18-4)12-9-7-8-10-13(12)15;/h7-11,17H,1-6H3;/q-1;+1. The summed E-state index contributed by atoms with van der Waals surface area (Å²) in [5.74, 6) is 0.988. The van der Waals surface area contributed by atoms with E-state index in [9.17, 15) is 0 Å². The first kappa shape index (κ1) is 17.5. The molecule has 0 heterocycles. The average molecular weight is 281 g/mol. The predicted molar refractivity (Wildman–Crippen MR) is 86.1 cm³/mol. The Morgan fingerprint density at radius 3 is 2.30 bits per heavy atom. The van der Waals surface area contributed by atoms with Gasteiger partial charge in [0.05, 0.1) is 7.11 Å². The molecular weight excluding hydrogens is 257 g/mol. The summed E-state index contributed by atoms with van der Waals surface area (Å²) in [5, 5.41) is 3.97. The van der Waals surface area contributed by atoms with E-state index in [0.29, 0.717) is 0 Å².